The molecule has 2 heterocycles. The van der Waals surface area contributed by atoms with Gasteiger partial charge >= 0.3 is 0 Å². The third-order valence-corrected chi connectivity index (χ3v) is 6.55. The first-order valence-electron chi connectivity index (χ1n) is 7.88. The molecule has 1 fully saturated rings. The summed E-state index contributed by atoms with van der Waals surface area (Å²) in [7, 11) is -1.84. The van der Waals surface area contributed by atoms with Gasteiger partial charge in [-0.1, -0.05) is 12.1 Å². The van der Waals surface area contributed by atoms with Crippen molar-refractivity contribution in [3.05, 3.63) is 24.3 Å². The maximum Gasteiger partial charge on any atom is 0.245 e. The fraction of sp³-hybridized carbons (Fsp3) is 0.467. The molecule has 1 aliphatic rings. The van der Waals surface area contributed by atoms with E-state index >= 15 is 0 Å². The average molecular weight is 401 g/mol. The fourth-order valence-corrected chi connectivity index (χ4v) is 4.39. The second-order valence-electron chi connectivity index (χ2n) is 6.18. The zero-order chi connectivity index (χ0) is 18.1. The van der Waals surface area contributed by atoms with Crippen LogP contribution in [0.1, 0.15) is 12.8 Å². The Morgan fingerprint density at radius 2 is 2.00 bits per heavy atom. The van der Waals surface area contributed by atoms with Crippen molar-refractivity contribution in [1.82, 2.24) is 25.5 Å². The lowest BCUT2D eigenvalue weighted by Gasteiger charge is -2.34. The van der Waals surface area contributed by atoms with Gasteiger partial charge in [-0.3, -0.25) is 4.79 Å². The number of carbonyl (C=O) groups is 1. The Balaban J connectivity index is 0.00000243. The van der Waals surface area contributed by atoms with Gasteiger partial charge in [0.1, 0.15) is 0 Å². The van der Waals surface area contributed by atoms with Crippen molar-refractivity contribution in [1.29, 1.82) is 0 Å². The van der Waals surface area contributed by atoms with E-state index in [-0.39, 0.29) is 25.2 Å². The molecule has 0 radical (unpaired) electrons. The lowest BCUT2D eigenvalue weighted by Crippen LogP contribution is -2.55. The summed E-state index contributed by atoms with van der Waals surface area (Å²) in [6, 6.07) is 7.01. The molecule has 26 heavy (non-hydrogen) atoms. The summed E-state index contributed by atoms with van der Waals surface area (Å²) in [6.07, 6.45) is 1.63. The van der Waals surface area contributed by atoms with Crippen LogP contribution in [0.25, 0.3) is 11.4 Å². The van der Waals surface area contributed by atoms with Crippen LogP contribution in [-0.4, -0.2) is 58.6 Å². The predicted octanol–water partition coefficient (Wildman–Crippen LogP) is 0.404. The maximum atomic E-state index is 12.8. The quantitative estimate of drug-likeness (QED) is 0.762. The number of tetrazole rings is 1. The van der Waals surface area contributed by atoms with Crippen molar-refractivity contribution in [2.24, 2.45) is 7.05 Å². The van der Waals surface area contributed by atoms with Gasteiger partial charge in [-0.2, -0.15) is 0 Å². The summed E-state index contributed by atoms with van der Waals surface area (Å²) in [4.78, 5) is 12.8. The number of aromatic nitrogens is 4. The average Bonchev–Trinajstić information content (AvgIpc) is 3.01. The number of hydrogen-bond donors (Lipinski definition) is 2. The molecule has 1 aromatic carbocycles. The van der Waals surface area contributed by atoms with E-state index < -0.39 is 20.5 Å². The molecule has 0 saturated carbocycles. The number of rotatable bonds is 4. The van der Waals surface area contributed by atoms with Gasteiger partial charge in [-0.05, 0) is 48.5 Å². The molecular weight excluding hydrogens is 380 g/mol. The third-order valence-electron chi connectivity index (χ3n) is 4.53. The topological polar surface area (TPSA) is 119 Å². The van der Waals surface area contributed by atoms with Crippen LogP contribution < -0.4 is 10.6 Å². The highest BCUT2D eigenvalue weighted by atomic mass is 35.5. The van der Waals surface area contributed by atoms with Crippen molar-refractivity contribution in [3.63, 3.8) is 0 Å². The fourth-order valence-electron chi connectivity index (χ4n) is 3.05. The van der Waals surface area contributed by atoms with E-state index in [2.05, 4.69) is 26.2 Å². The van der Waals surface area contributed by atoms with Crippen molar-refractivity contribution < 1.29 is 13.2 Å². The molecule has 1 aromatic heterocycles. The number of amides is 1. The zero-order valence-electron chi connectivity index (χ0n) is 14.5. The van der Waals surface area contributed by atoms with Gasteiger partial charge in [0.25, 0.3) is 0 Å². The van der Waals surface area contributed by atoms with Gasteiger partial charge in [-0.15, -0.1) is 17.5 Å². The van der Waals surface area contributed by atoms with Gasteiger partial charge in [0.05, 0.1) is 0 Å². The molecule has 1 amide bonds. The van der Waals surface area contributed by atoms with E-state index in [9.17, 15) is 13.2 Å². The molecule has 0 atom stereocenters. The number of benzene rings is 1. The minimum atomic E-state index is -3.56. The molecule has 2 N–H and O–H groups in total. The van der Waals surface area contributed by atoms with Crippen molar-refractivity contribution >= 4 is 33.8 Å². The van der Waals surface area contributed by atoms with Crippen LogP contribution in [0.4, 0.5) is 5.69 Å². The normalized spacial score (nSPS) is 16.5. The van der Waals surface area contributed by atoms with Crippen LogP contribution in [0.3, 0.4) is 0 Å². The second-order valence-corrected chi connectivity index (χ2v) is 8.50. The van der Waals surface area contributed by atoms with Crippen LogP contribution in [0.5, 0.6) is 0 Å². The van der Waals surface area contributed by atoms with Crippen LogP contribution >= 0.6 is 12.4 Å². The molecule has 142 valence electrons. The SMILES string of the molecule is Cl.Cn1nnnc1-c1cccc(NC(=O)C2(S(C)(=O)=O)CCNCC2)c1. The third kappa shape index (κ3) is 3.71. The number of anilines is 1. The highest BCUT2D eigenvalue weighted by Gasteiger charge is 2.48. The first-order chi connectivity index (χ1) is 11.8. The van der Waals surface area contributed by atoms with Crippen LogP contribution in [0.2, 0.25) is 0 Å². The first kappa shape index (κ1) is 20.3. The standard InChI is InChI=1S/C15H20N6O3S.ClH/c1-21-13(18-19-20-21)11-4-3-5-12(10-11)17-14(22)15(25(2,23)24)6-8-16-9-7-15;/h3-5,10,16H,6-9H2,1-2H3,(H,17,22);1H. The number of nitrogens with one attached hydrogen (secondary N) is 2. The van der Waals surface area contributed by atoms with Gasteiger partial charge in [0.2, 0.25) is 5.91 Å². The minimum Gasteiger partial charge on any atom is -0.325 e. The van der Waals surface area contributed by atoms with E-state index in [1.54, 1.807) is 25.2 Å². The molecule has 2 aromatic rings. The summed E-state index contributed by atoms with van der Waals surface area (Å²) in [5.74, 6) is 0.0560. The molecule has 0 bridgehead atoms. The highest BCUT2D eigenvalue weighted by Crippen LogP contribution is 2.30. The van der Waals surface area contributed by atoms with E-state index in [4.69, 9.17) is 0 Å². The Morgan fingerprint density at radius 3 is 2.58 bits per heavy atom. The minimum absolute atomic E-state index is 0. The van der Waals surface area contributed by atoms with Crippen molar-refractivity contribution in [3.8, 4) is 11.4 Å². The lowest BCUT2D eigenvalue weighted by atomic mass is 9.95. The molecule has 0 spiro atoms. The van der Waals surface area contributed by atoms with Gasteiger partial charge in [0, 0.05) is 24.6 Å². The summed E-state index contributed by atoms with van der Waals surface area (Å²) in [6.45, 7) is 0.982. The number of halogens is 1. The smallest absolute Gasteiger partial charge is 0.245 e. The monoisotopic (exact) mass is 400 g/mol. The van der Waals surface area contributed by atoms with Crippen LogP contribution in [0.15, 0.2) is 24.3 Å². The van der Waals surface area contributed by atoms with Gasteiger partial charge in [0.15, 0.2) is 20.4 Å². The lowest BCUT2D eigenvalue weighted by molar-refractivity contribution is -0.119. The Kier molecular flexibility index (Phi) is 5.99. The Labute approximate surface area is 157 Å². The number of hydrogen-bond acceptors (Lipinski definition) is 7. The van der Waals surface area contributed by atoms with Crippen LogP contribution in [-0.2, 0) is 21.7 Å². The molecule has 9 nitrogen and oxygen atoms in total. The van der Waals surface area contributed by atoms with Gasteiger partial charge < -0.3 is 10.6 Å². The summed E-state index contributed by atoms with van der Waals surface area (Å²) in [5, 5.41) is 17.2. The highest BCUT2D eigenvalue weighted by molar-refractivity contribution is 7.92. The number of sulfone groups is 1. The summed E-state index contributed by atoms with van der Waals surface area (Å²) < 4.78 is 24.8. The van der Waals surface area contributed by atoms with E-state index in [1.165, 1.54) is 4.68 Å². The summed E-state index contributed by atoms with van der Waals surface area (Å²) in [5.41, 5.74) is 1.23. The number of carbonyl (C=O) groups excluding carboxylic acids is 1. The van der Waals surface area contributed by atoms with E-state index in [0.29, 0.717) is 24.6 Å². The van der Waals surface area contributed by atoms with Crippen molar-refractivity contribution in [2.45, 2.75) is 17.6 Å². The Hall–Kier alpha value is -2.04. The second kappa shape index (κ2) is 7.68. The molecule has 11 heteroatoms. The molecule has 1 aliphatic heterocycles. The van der Waals surface area contributed by atoms with Crippen LogP contribution in [0, 0.1) is 0 Å². The predicted molar refractivity (Wildman–Crippen MR) is 99.8 cm³/mol. The number of nitrogens with zero attached hydrogens (tertiary/aromatic N) is 4. The zero-order valence-corrected chi connectivity index (χ0v) is 16.1. The molecule has 3 rings (SSSR count). The van der Waals surface area contributed by atoms with Crippen molar-refractivity contribution in [2.75, 3.05) is 24.7 Å². The molecule has 0 aliphatic carbocycles. The molecule has 1 saturated heterocycles. The summed E-state index contributed by atoms with van der Waals surface area (Å²) >= 11 is 0. The van der Waals surface area contributed by atoms with E-state index in [1.807, 2.05) is 6.07 Å². The van der Waals surface area contributed by atoms with Gasteiger partial charge in [-0.25, -0.2) is 13.1 Å². The molecular formula is C15H21ClN6O3S. The Bertz CT molecular complexity index is 892. The maximum absolute atomic E-state index is 12.8. The first-order valence-corrected chi connectivity index (χ1v) is 9.77. The number of aryl methyl sites for hydroxylation is 1. The largest absolute Gasteiger partial charge is 0.325 e. The Morgan fingerprint density at radius 1 is 1.31 bits per heavy atom. The number of piperidine rings is 1. The molecule has 0 unspecified atom stereocenters. The van der Waals surface area contributed by atoms with E-state index in [0.717, 1.165) is 11.8 Å².